The summed E-state index contributed by atoms with van der Waals surface area (Å²) in [4.78, 5) is 0. The van der Waals surface area contributed by atoms with Crippen LogP contribution in [0.1, 0.15) is 24.9 Å². The Labute approximate surface area is 100 Å². The lowest BCUT2D eigenvalue weighted by Gasteiger charge is -2.15. The number of rotatable bonds is 7. The van der Waals surface area contributed by atoms with Crippen molar-refractivity contribution in [1.82, 2.24) is 5.32 Å². The van der Waals surface area contributed by atoms with E-state index in [1.165, 1.54) is 24.5 Å². The maximum absolute atomic E-state index is 13.4. The molecule has 0 bridgehead atoms. The summed E-state index contributed by atoms with van der Waals surface area (Å²) in [6.45, 7) is 6.33. The molecule has 94 valence electrons. The minimum Gasteiger partial charge on any atom is -0.502 e. The molecule has 0 heterocycles. The molecule has 1 atom stereocenters. The van der Waals surface area contributed by atoms with E-state index >= 15 is 0 Å². The smallest absolute Gasteiger partial charge is 0.130 e. The summed E-state index contributed by atoms with van der Waals surface area (Å²) in [5.74, 6) is -1.04. The van der Waals surface area contributed by atoms with Gasteiger partial charge in [-0.2, -0.15) is 0 Å². The molecule has 0 radical (unpaired) electrons. The number of benzene rings is 1. The zero-order valence-electron chi connectivity index (χ0n) is 9.88. The topological polar surface area (TPSA) is 21.3 Å². The SMILES string of the molecule is C=COCCCNC(C)c1c(F)cccc1F. The number of ether oxygens (including phenoxy) is 1. The van der Waals surface area contributed by atoms with Crippen molar-refractivity contribution >= 4 is 0 Å². The molecular formula is C13H17F2NO. The van der Waals surface area contributed by atoms with E-state index in [1.807, 2.05) is 0 Å². The summed E-state index contributed by atoms with van der Waals surface area (Å²) in [5.41, 5.74) is 0.0807. The van der Waals surface area contributed by atoms with Gasteiger partial charge in [0.25, 0.3) is 0 Å². The van der Waals surface area contributed by atoms with E-state index in [1.54, 1.807) is 6.92 Å². The molecule has 4 heteroatoms. The number of nitrogens with one attached hydrogen (secondary N) is 1. The first kappa shape index (κ1) is 13.6. The first-order valence-electron chi connectivity index (χ1n) is 5.56. The second-order valence-corrected chi connectivity index (χ2v) is 3.70. The predicted molar refractivity (Wildman–Crippen MR) is 63.5 cm³/mol. The molecule has 2 nitrogen and oxygen atoms in total. The second kappa shape index (κ2) is 7.01. The third-order valence-corrected chi connectivity index (χ3v) is 2.44. The van der Waals surface area contributed by atoms with E-state index in [0.29, 0.717) is 13.2 Å². The van der Waals surface area contributed by atoms with Crippen LogP contribution in [0.15, 0.2) is 31.0 Å². The van der Waals surface area contributed by atoms with Crippen molar-refractivity contribution in [3.05, 3.63) is 48.2 Å². The Kier molecular flexibility index (Phi) is 5.63. The molecule has 17 heavy (non-hydrogen) atoms. The Morgan fingerprint density at radius 2 is 2.06 bits per heavy atom. The van der Waals surface area contributed by atoms with Gasteiger partial charge < -0.3 is 10.1 Å². The van der Waals surface area contributed by atoms with E-state index in [-0.39, 0.29) is 11.6 Å². The van der Waals surface area contributed by atoms with Crippen molar-refractivity contribution in [2.45, 2.75) is 19.4 Å². The quantitative estimate of drug-likeness (QED) is 0.585. The summed E-state index contributed by atoms with van der Waals surface area (Å²) in [6, 6.07) is 3.52. The lowest BCUT2D eigenvalue weighted by Crippen LogP contribution is -2.22. The lowest BCUT2D eigenvalue weighted by molar-refractivity contribution is 0.243. The van der Waals surface area contributed by atoms with E-state index in [9.17, 15) is 8.78 Å². The normalized spacial score (nSPS) is 12.2. The van der Waals surface area contributed by atoms with E-state index < -0.39 is 11.6 Å². The molecule has 0 aliphatic heterocycles. The Hall–Kier alpha value is -1.42. The van der Waals surface area contributed by atoms with Crippen LogP contribution in [0.5, 0.6) is 0 Å². The van der Waals surface area contributed by atoms with Crippen molar-refractivity contribution in [2.75, 3.05) is 13.2 Å². The van der Waals surface area contributed by atoms with Crippen LogP contribution in [0.2, 0.25) is 0 Å². The van der Waals surface area contributed by atoms with Gasteiger partial charge in [0.2, 0.25) is 0 Å². The van der Waals surface area contributed by atoms with E-state index in [0.717, 1.165) is 6.42 Å². The Balaban J connectivity index is 2.46. The molecule has 1 aromatic carbocycles. The van der Waals surface area contributed by atoms with Crippen molar-refractivity contribution in [1.29, 1.82) is 0 Å². The Morgan fingerprint density at radius 1 is 1.41 bits per heavy atom. The summed E-state index contributed by atoms with van der Waals surface area (Å²) in [7, 11) is 0. The maximum atomic E-state index is 13.4. The molecule has 0 amide bonds. The van der Waals surface area contributed by atoms with Crippen LogP contribution in [0.4, 0.5) is 8.78 Å². The minimum absolute atomic E-state index is 0.0807. The second-order valence-electron chi connectivity index (χ2n) is 3.70. The van der Waals surface area contributed by atoms with Crippen molar-refractivity contribution in [3.63, 3.8) is 0 Å². The minimum atomic E-state index is -0.521. The molecule has 0 aliphatic carbocycles. The first-order chi connectivity index (χ1) is 8.16. The summed E-state index contributed by atoms with van der Waals surface area (Å²) < 4.78 is 31.8. The van der Waals surface area contributed by atoms with Gasteiger partial charge in [0.05, 0.1) is 12.9 Å². The van der Waals surface area contributed by atoms with Crippen LogP contribution in [-0.2, 0) is 4.74 Å². The first-order valence-corrected chi connectivity index (χ1v) is 5.56. The molecule has 0 fully saturated rings. The maximum Gasteiger partial charge on any atom is 0.130 e. The standard InChI is InChI=1S/C13H17F2NO/c1-3-17-9-5-8-16-10(2)13-11(14)6-4-7-12(13)15/h3-4,6-7,10,16H,1,5,8-9H2,2H3. The summed E-state index contributed by atoms with van der Waals surface area (Å²) >= 11 is 0. The average Bonchev–Trinajstić information content (AvgIpc) is 2.28. The highest BCUT2D eigenvalue weighted by Crippen LogP contribution is 2.19. The Morgan fingerprint density at radius 3 is 2.65 bits per heavy atom. The molecule has 0 aromatic heterocycles. The average molecular weight is 241 g/mol. The molecule has 0 aliphatic rings. The number of hydrogen-bond donors (Lipinski definition) is 1. The highest BCUT2D eigenvalue weighted by atomic mass is 19.1. The largest absolute Gasteiger partial charge is 0.502 e. The van der Waals surface area contributed by atoms with E-state index in [2.05, 4.69) is 11.9 Å². The zero-order valence-corrected chi connectivity index (χ0v) is 9.88. The van der Waals surface area contributed by atoms with Crippen LogP contribution in [0, 0.1) is 11.6 Å². The van der Waals surface area contributed by atoms with Crippen LogP contribution in [-0.4, -0.2) is 13.2 Å². The molecule has 1 unspecified atom stereocenters. The monoisotopic (exact) mass is 241 g/mol. The van der Waals surface area contributed by atoms with Crippen molar-refractivity contribution in [2.24, 2.45) is 0 Å². The van der Waals surface area contributed by atoms with Crippen LogP contribution in [0.3, 0.4) is 0 Å². The van der Waals surface area contributed by atoms with Crippen LogP contribution in [0.25, 0.3) is 0 Å². The fourth-order valence-electron chi connectivity index (χ4n) is 1.58. The van der Waals surface area contributed by atoms with E-state index in [4.69, 9.17) is 4.74 Å². The van der Waals surface area contributed by atoms with Gasteiger partial charge >= 0.3 is 0 Å². The molecule has 1 rings (SSSR count). The predicted octanol–water partition coefficient (Wildman–Crippen LogP) is 3.17. The molecular weight excluding hydrogens is 224 g/mol. The van der Waals surface area contributed by atoms with Gasteiger partial charge in [0.1, 0.15) is 11.6 Å². The van der Waals surface area contributed by atoms with Gasteiger partial charge in [-0.3, -0.25) is 0 Å². The van der Waals surface area contributed by atoms with Gasteiger partial charge in [0, 0.05) is 11.6 Å². The molecule has 1 N–H and O–H groups in total. The van der Waals surface area contributed by atoms with Crippen molar-refractivity contribution < 1.29 is 13.5 Å². The Bertz CT molecular complexity index is 348. The molecule has 0 spiro atoms. The van der Waals surface area contributed by atoms with Gasteiger partial charge in [0.15, 0.2) is 0 Å². The third kappa shape index (κ3) is 4.15. The summed E-state index contributed by atoms with van der Waals surface area (Å²) in [6.07, 6.45) is 2.13. The number of halogens is 2. The summed E-state index contributed by atoms with van der Waals surface area (Å²) in [5, 5.41) is 3.05. The highest BCUT2D eigenvalue weighted by molar-refractivity contribution is 5.22. The van der Waals surface area contributed by atoms with Gasteiger partial charge in [-0.15, -0.1) is 0 Å². The number of hydrogen-bond acceptors (Lipinski definition) is 2. The van der Waals surface area contributed by atoms with Gasteiger partial charge in [-0.1, -0.05) is 12.6 Å². The fourth-order valence-corrected chi connectivity index (χ4v) is 1.58. The lowest BCUT2D eigenvalue weighted by atomic mass is 10.1. The molecule has 0 saturated heterocycles. The third-order valence-electron chi connectivity index (χ3n) is 2.44. The zero-order chi connectivity index (χ0) is 12.7. The highest BCUT2D eigenvalue weighted by Gasteiger charge is 2.14. The van der Waals surface area contributed by atoms with Crippen molar-refractivity contribution in [3.8, 4) is 0 Å². The van der Waals surface area contributed by atoms with Gasteiger partial charge in [-0.05, 0) is 32.0 Å². The van der Waals surface area contributed by atoms with Crippen LogP contribution >= 0.6 is 0 Å². The molecule has 0 saturated carbocycles. The van der Waals surface area contributed by atoms with Gasteiger partial charge in [-0.25, -0.2) is 8.78 Å². The van der Waals surface area contributed by atoms with Crippen LogP contribution < -0.4 is 5.32 Å². The fraction of sp³-hybridized carbons (Fsp3) is 0.385. The molecule has 1 aromatic rings.